The van der Waals surface area contributed by atoms with Gasteiger partial charge in [0.1, 0.15) is 5.75 Å². The molecule has 0 heterocycles. The third kappa shape index (κ3) is 5.74. The van der Waals surface area contributed by atoms with Crippen molar-refractivity contribution < 1.29 is 9.53 Å². The molecule has 0 radical (unpaired) electrons. The van der Waals surface area contributed by atoms with E-state index in [4.69, 9.17) is 4.74 Å². The van der Waals surface area contributed by atoms with Crippen molar-refractivity contribution in [3.8, 4) is 5.75 Å². The Morgan fingerprint density at radius 2 is 1.85 bits per heavy atom. The Morgan fingerprint density at radius 3 is 2.50 bits per heavy atom. The molecule has 4 heteroatoms. The summed E-state index contributed by atoms with van der Waals surface area (Å²) in [6, 6.07) is 18.1. The summed E-state index contributed by atoms with van der Waals surface area (Å²) >= 11 is 0. The van der Waals surface area contributed by atoms with Gasteiger partial charge in [-0.15, -0.1) is 0 Å². The molecule has 1 N–H and O–H groups in total. The molecular weight excluding hydrogens is 324 g/mol. The predicted octanol–water partition coefficient (Wildman–Crippen LogP) is 3.91. The summed E-state index contributed by atoms with van der Waals surface area (Å²) in [4.78, 5) is 14.6. The zero-order valence-corrected chi connectivity index (χ0v) is 15.8. The van der Waals surface area contributed by atoms with Crippen LogP contribution in [0.15, 0.2) is 60.7 Å². The average Bonchev–Trinajstić information content (AvgIpc) is 2.70. The van der Waals surface area contributed by atoms with Crippen LogP contribution >= 0.6 is 0 Å². The van der Waals surface area contributed by atoms with Gasteiger partial charge in [0.05, 0.1) is 13.2 Å². The van der Waals surface area contributed by atoms with Crippen molar-refractivity contribution >= 4 is 12.0 Å². The van der Waals surface area contributed by atoms with E-state index in [9.17, 15) is 4.79 Å². The van der Waals surface area contributed by atoms with Crippen LogP contribution in [0.3, 0.4) is 0 Å². The Hall–Kier alpha value is -2.59. The van der Waals surface area contributed by atoms with E-state index < -0.39 is 0 Å². The van der Waals surface area contributed by atoms with E-state index >= 15 is 0 Å². The molecule has 0 aliphatic heterocycles. The molecule has 0 fully saturated rings. The quantitative estimate of drug-likeness (QED) is 0.696. The lowest BCUT2D eigenvalue weighted by Gasteiger charge is -2.30. The predicted molar refractivity (Wildman–Crippen MR) is 107 cm³/mol. The first-order chi connectivity index (χ1) is 12.7. The molecule has 2 rings (SSSR count). The number of hydrogen-bond acceptors (Lipinski definition) is 3. The molecule has 0 unspecified atom stereocenters. The van der Waals surface area contributed by atoms with Crippen LogP contribution < -0.4 is 10.1 Å². The van der Waals surface area contributed by atoms with Crippen molar-refractivity contribution in [1.82, 2.24) is 10.2 Å². The maximum absolute atomic E-state index is 12.3. The SMILES string of the molecule is CCN(CC)[C@H](CNC(=O)/C=C\c1cccc(OC)c1)c1ccccc1. The maximum atomic E-state index is 12.3. The maximum Gasteiger partial charge on any atom is 0.244 e. The van der Waals surface area contributed by atoms with Crippen LogP contribution in [0.5, 0.6) is 5.75 Å². The Kier molecular flexibility index (Phi) is 7.90. The number of hydrogen-bond donors (Lipinski definition) is 1. The van der Waals surface area contributed by atoms with Crippen molar-refractivity contribution in [1.29, 1.82) is 0 Å². The van der Waals surface area contributed by atoms with Crippen molar-refractivity contribution in [2.75, 3.05) is 26.7 Å². The van der Waals surface area contributed by atoms with Gasteiger partial charge in [0.15, 0.2) is 0 Å². The van der Waals surface area contributed by atoms with Crippen LogP contribution in [0.4, 0.5) is 0 Å². The molecule has 26 heavy (non-hydrogen) atoms. The first-order valence-electron chi connectivity index (χ1n) is 9.06. The highest BCUT2D eigenvalue weighted by Crippen LogP contribution is 2.19. The second-order valence-corrected chi connectivity index (χ2v) is 6.00. The molecule has 0 aliphatic rings. The number of likely N-dealkylation sites (N-methyl/N-ethyl adjacent to an activating group) is 1. The van der Waals surface area contributed by atoms with E-state index in [2.05, 4.69) is 36.2 Å². The molecule has 0 saturated carbocycles. The zero-order valence-electron chi connectivity index (χ0n) is 15.8. The van der Waals surface area contributed by atoms with Gasteiger partial charge in [-0.05, 0) is 42.4 Å². The molecule has 2 aromatic rings. The van der Waals surface area contributed by atoms with E-state index in [0.29, 0.717) is 6.54 Å². The standard InChI is InChI=1S/C22H28N2O2/c1-4-24(5-2)21(19-11-7-6-8-12-19)17-23-22(25)15-14-18-10-9-13-20(16-18)26-3/h6-16,21H,4-5,17H2,1-3H3,(H,23,25)/b15-14-/t21-/m1/s1. The minimum Gasteiger partial charge on any atom is -0.497 e. The number of nitrogens with one attached hydrogen (secondary N) is 1. The van der Waals surface area contributed by atoms with Gasteiger partial charge in [-0.1, -0.05) is 56.3 Å². The first kappa shape index (κ1) is 19.7. The fourth-order valence-electron chi connectivity index (χ4n) is 2.97. The number of nitrogens with zero attached hydrogens (tertiary/aromatic N) is 1. The second kappa shape index (κ2) is 10.4. The van der Waals surface area contributed by atoms with E-state index in [0.717, 1.165) is 24.4 Å². The summed E-state index contributed by atoms with van der Waals surface area (Å²) in [6.45, 7) is 6.73. The summed E-state index contributed by atoms with van der Waals surface area (Å²) in [5, 5.41) is 3.03. The van der Waals surface area contributed by atoms with Gasteiger partial charge in [-0.2, -0.15) is 0 Å². The van der Waals surface area contributed by atoms with Gasteiger partial charge in [-0.25, -0.2) is 0 Å². The van der Waals surface area contributed by atoms with Gasteiger partial charge in [0, 0.05) is 12.6 Å². The molecule has 138 valence electrons. The van der Waals surface area contributed by atoms with E-state index in [-0.39, 0.29) is 11.9 Å². The molecule has 4 nitrogen and oxygen atoms in total. The lowest BCUT2D eigenvalue weighted by Crippen LogP contribution is -2.37. The average molecular weight is 352 g/mol. The molecule has 1 atom stereocenters. The molecule has 0 spiro atoms. The molecule has 0 bridgehead atoms. The van der Waals surface area contributed by atoms with Crippen LogP contribution in [0, 0.1) is 0 Å². The van der Waals surface area contributed by atoms with Gasteiger partial charge >= 0.3 is 0 Å². The largest absolute Gasteiger partial charge is 0.497 e. The highest BCUT2D eigenvalue weighted by molar-refractivity contribution is 5.91. The molecule has 0 saturated heterocycles. The molecule has 0 aromatic heterocycles. The highest BCUT2D eigenvalue weighted by Gasteiger charge is 2.18. The van der Waals surface area contributed by atoms with Crippen molar-refractivity contribution in [2.24, 2.45) is 0 Å². The summed E-state index contributed by atoms with van der Waals surface area (Å²) in [5.74, 6) is 0.680. The van der Waals surface area contributed by atoms with Crippen LogP contribution in [0.2, 0.25) is 0 Å². The zero-order chi connectivity index (χ0) is 18.8. The minimum atomic E-state index is -0.0964. The smallest absolute Gasteiger partial charge is 0.244 e. The third-order valence-electron chi connectivity index (χ3n) is 4.43. The molecule has 1 amide bonds. The Morgan fingerprint density at radius 1 is 1.12 bits per heavy atom. The van der Waals surface area contributed by atoms with Gasteiger partial charge in [-0.3, -0.25) is 9.69 Å². The summed E-state index contributed by atoms with van der Waals surface area (Å²) < 4.78 is 5.20. The summed E-state index contributed by atoms with van der Waals surface area (Å²) in [6.07, 6.45) is 3.37. The van der Waals surface area contributed by atoms with Crippen LogP contribution in [0.25, 0.3) is 6.08 Å². The molecule has 2 aromatic carbocycles. The Balaban J connectivity index is 2.01. The van der Waals surface area contributed by atoms with Crippen molar-refractivity contribution in [3.05, 3.63) is 71.8 Å². The number of benzene rings is 2. The highest BCUT2D eigenvalue weighted by atomic mass is 16.5. The van der Waals surface area contributed by atoms with Gasteiger partial charge in [0.2, 0.25) is 5.91 Å². The topological polar surface area (TPSA) is 41.6 Å². The van der Waals surface area contributed by atoms with Gasteiger partial charge < -0.3 is 10.1 Å². The number of rotatable bonds is 9. The second-order valence-electron chi connectivity index (χ2n) is 6.00. The molecular formula is C22H28N2O2. The fraction of sp³-hybridized carbons (Fsp3) is 0.318. The van der Waals surface area contributed by atoms with Crippen LogP contribution in [0.1, 0.15) is 31.0 Å². The van der Waals surface area contributed by atoms with Crippen molar-refractivity contribution in [2.45, 2.75) is 19.9 Å². The number of carbonyl (C=O) groups is 1. The lowest BCUT2D eigenvalue weighted by atomic mass is 10.1. The normalized spacial score (nSPS) is 12.3. The van der Waals surface area contributed by atoms with Crippen molar-refractivity contribution in [3.63, 3.8) is 0 Å². The lowest BCUT2D eigenvalue weighted by molar-refractivity contribution is -0.116. The fourth-order valence-corrected chi connectivity index (χ4v) is 2.97. The molecule has 0 aliphatic carbocycles. The Bertz CT molecular complexity index is 709. The van der Waals surface area contributed by atoms with E-state index in [1.807, 2.05) is 42.5 Å². The summed E-state index contributed by atoms with van der Waals surface area (Å²) in [7, 11) is 1.63. The number of amides is 1. The summed E-state index contributed by atoms with van der Waals surface area (Å²) in [5.41, 5.74) is 2.15. The monoisotopic (exact) mass is 352 g/mol. The van der Waals surface area contributed by atoms with E-state index in [1.54, 1.807) is 19.3 Å². The minimum absolute atomic E-state index is 0.0964. The number of carbonyl (C=O) groups excluding carboxylic acids is 1. The van der Waals surface area contributed by atoms with Crippen LogP contribution in [-0.2, 0) is 4.79 Å². The number of methoxy groups -OCH3 is 1. The first-order valence-corrected chi connectivity index (χ1v) is 9.06. The van der Waals surface area contributed by atoms with Crippen LogP contribution in [-0.4, -0.2) is 37.6 Å². The van der Waals surface area contributed by atoms with E-state index in [1.165, 1.54) is 5.56 Å². The third-order valence-corrected chi connectivity index (χ3v) is 4.43. The Labute approximate surface area is 156 Å². The number of ether oxygens (including phenoxy) is 1. The van der Waals surface area contributed by atoms with Gasteiger partial charge in [0.25, 0.3) is 0 Å².